The van der Waals surface area contributed by atoms with Gasteiger partial charge in [0.25, 0.3) is 5.91 Å². The average molecular weight is 327 g/mol. The zero-order valence-corrected chi connectivity index (χ0v) is 13.7. The number of nitrogen functional groups attached to an aromatic ring is 1. The molecule has 0 saturated carbocycles. The van der Waals surface area contributed by atoms with Crippen molar-refractivity contribution in [3.05, 3.63) is 58.0 Å². The first kappa shape index (κ1) is 15.3. The SMILES string of the molecule is Cc1ccc(CNC(=O)c2c(-c3ccc(C)s3)noc2N)cc1. The van der Waals surface area contributed by atoms with Gasteiger partial charge in [0.15, 0.2) is 0 Å². The summed E-state index contributed by atoms with van der Waals surface area (Å²) >= 11 is 1.54. The number of carbonyl (C=O) groups excluding carboxylic acids is 1. The minimum absolute atomic E-state index is 0.0347. The summed E-state index contributed by atoms with van der Waals surface area (Å²) < 4.78 is 5.02. The molecule has 1 amide bonds. The quantitative estimate of drug-likeness (QED) is 0.768. The molecular weight excluding hydrogens is 310 g/mol. The summed E-state index contributed by atoms with van der Waals surface area (Å²) in [5.41, 5.74) is 8.77. The molecule has 0 saturated heterocycles. The van der Waals surface area contributed by atoms with Gasteiger partial charge >= 0.3 is 0 Å². The summed E-state index contributed by atoms with van der Waals surface area (Å²) in [5.74, 6) is -0.252. The van der Waals surface area contributed by atoms with Crippen molar-refractivity contribution in [2.24, 2.45) is 0 Å². The summed E-state index contributed by atoms with van der Waals surface area (Å²) in [5, 5.41) is 6.80. The molecule has 0 spiro atoms. The van der Waals surface area contributed by atoms with Crippen molar-refractivity contribution in [1.82, 2.24) is 10.5 Å². The largest absolute Gasteiger partial charge is 0.367 e. The Labute approximate surface area is 138 Å². The fourth-order valence-electron chi connectivity index (χ4n) is 2.23. The molecule has 0 bridgehead atoms. The number of carbonyl (C=O) groups is 1. The van der Waals surface area contributed by atoms with E-state index in [2.05, 4.69) is 10.5 Å². The minimum atomic E-state index is -0.287. The zero-order valence-electron chi connectivity index (χ0n) is 12.9. The molecule has 3 rings (SSSR count). The van der Waals surface area contributed by atoms with E-state index in [4.69, 9.17) is 10.3 Å². The average Bonchev–Trinajstić information content (AvgIpc) is 3.12. The van der Waals surface area contributed by atoms with Gasteiger partial charge < -0.3 is 15.6 Å². The Morgan fingerprint density at radius 2 is 1.96 bits per heavy atom. The van der Waals surface area contributed by atoms with Crippen LogP contribution in [-0.2, 0) is 6.54 Å². The highest BCUT2D eigenvalue weighted by molar-refractivity contribution is 7.15. The van der Waals surface area contributed by atoms with E-state index in [1.54, 1.807) is 11.3 Å². The number of hydrogen-bond donors (Lipinski definition) is 2. The normalized spacial score (nSPS) is 10.7. The number of anilines is 1. The van der Waals surface area contributed by atoms with E-state index in [0.29, 0.717) is 17.8 Å². The lowest BCUT2D eigenvalue weighted by Crippen LogP contribution is -2.23. The summed E-state index contributed by atoms with van der Waals surface area (Å²) in [4.78, 5) is 14.5. The van der Waals surface area contributed by atoms with E-state index in [9.17, 15) is 4.79 Å². The van der Waals surface area contributed by atoms with Crippen LogP contribution in [-0.4, -0.2) is 11.1 Å². The van der Waals surface area contributed by atoms with Crippen molar-refractivity contribution >= 4 is 23.1 Å². The molecule has 0 unspecified atom stereocenters. The van der Waals surface area contributed by atoms with Crippen molar-refractivity contribution in [2.45, 2.75) is 20.4 Å². The highest BCUT2D eigenvalue weighted by Gasteiger charge is 2.23. The standard InChI is InChI=1S/C17H17N3O2S/c1-10-3-6-12(7-4-10)9-19-17(21)14-15(20-22-16(14)18)13-8-5-11(2)23-13/h3-8H,9,18H2,1-2H3,(H,19,21). The van der Waals surface area contributed by atoms with Gasteiger partial charge in [0.1, 0.15) is 11.3 Å². The van der Waals surface area contributed by atoms with Gasteiger partial charge in [-0.15, -0.1) is 11.3 Å². The molecule has 0 aliphatic carbocycles. The maximum Gasteiger partial charge on any atom is 0.259 e. The van der Waals surface area contributed by atoms with E-state index in [1.165, 1.54) is 5.56 Å². The summed E-state index contributed by atoms with van der Waals surface area (Å²) in [7, 11) is 0. The Morgan fingerprint density at radius 1 is 1.22 bits per heavy atom. The Kier molecular flexibility index (Phi) is 4.16. The van der Waals surface area contributed by atoms with Gasteiger partial charge in [-0.1, -0.05) is 35.0 Å². The molecule has 0 radical (unpaired) electrons. The molecule has 0 atom stereocenters. The van der Waals surface area contributed by atoms with E-state index < -0.39 is 0 Å². The summed E-state index contributed by atoms with van der Waals surface area (Å²) in [6, 6.07) is 11.9. The molecule has 3 N–H and O–H groups in total. The topological polar surface area (TPSA) is 81.2 Å². The summed E-state index contributed by atoms with van der Waals surface area (Å²) in [6.07, 6.45) is 0. The van der Waals surface area contributed by atoms with Gasteiger partial charge in [0.05, 0.1) is 4.88 Å². The molecule has 0 fully saturated rings. The molecule has 5 nitrogen and oxygen atoms in total. The smallest absolute Gasteiger partial charge is 0.259 e. The first-order valence-electron chi connectivity index (χ1n) is 7.20. The van der Waals surface area contributed by atoms with Gasteiger partial charge in [-0.05, 0) is 31.5 Å². The number of rotatable bonds is 4. The Balaban J connectivity index is 1.79. The van der Waals surface area contributed by atoms with Crippen molar-refractivity contribution in [1.29, 1.82) is 0 Å². The summed E-state index contributed by atoms with van der Waals surface area (Å²) in [6.45, 7) is 4.44. The monoisotopic (exact) mass is 327 g/mol. The molecule has 23 heavy (non-hydrogen) atoms. The van der Waals surface area contributed by atoms with E-state index in [0.717, 1.165) is 15.3 Å². The maximum atomic E-state index is 12.5. The van der Waals surface area contributed by atoms with Crippen LogP contribution in [0.4, 0.5) is 5.88 Å². The third kappa shape index (κ3) is 3.27. The molecule has 0 aliphatic heterocycles. The van der Waals surface area contributed by atoms with Crippen LogP contribution >= 0.6 is 11.3 Å². The van der Waals surface area contributed by atoms with E-state index in [-0.39, 0.29) is 11.8 Å². The number of nitrogens with one attached hydrogen (secondary N) is 1. The lowest BCUT2D eigenvalue weighted by Gasteiger charge is -2.05. The van der Waals surface area contributed by atoms with Crippen LogP contribution in [0.25, 0.3) is 10.6 Å². The molecule has 2 aromatic heterocycles. The molecule has 2 heterocycles. The molecule has 0 aliphatic rings. The Hall–Kier alpha value is -2.60. The van der Waals surface area contributed by atoms with Crippen LogP contribution in [0.2, 0.25) is 0 Å². The van der Waals surface area contributed by atoms with Gasteiger partial charge in [-0.2, -0.15) is 0 Å². The Morgan fingerprint density at radius 3 is 2.61 bits per heavy atom. The fraction of sp³-hybridized carbons (Fsp3) is 0.176. The molecule has 6 heteroatoms. The number of aromatic nitrogens is 1. The molecule has 1 aromatic carbocycles. The lowest BCUT2D eigenvalue weighted by atomic mass is 10.1. The second-order valence-electron chi connectivity index (χ2n) is 5.35. The van der Waals surface area contributed by atoms with Crippen molar-refractivity contribution < 1.29 is 9.32 Å². The number of benzene rings is 1. The van der Waals surface area contributed by atoms with Crippen LogP contribution in [0.3, 0.4) is 0 Å². The van der Waals surface area contributed by atoms with E-state index in [1.807, 2.05) is 50.2 Å². The van der Waals surface area contributed by atoms with Crippen molar-refractivity contribution in [3.63, 3.8) is 0 Å². The van der Waals surface area contributed by atoms with Crippen molar-refractivity contribution in [3.8, 4) is 10.6 Å². The Bertz CT molecular complexity index is 834. The lowest BCUT2D eigenvalue weighted by molar-refractivity contribution is 0.0952. The first-order chi connectivity index (χ1) is 11.0. The van der Waals surface area contributed by atoms with Crippen LogP contribution < -0.4 is 11.1 Å². The number of thiophene rings is 1. The molecular formula is C17H17N3O2S. The predicted octanol–water partition coefficient (Wildman–Crippen LogP) is 3.53. The highest BCUT2D eigenvalue weighted by atomic mass is 32.1. The van der Waals surface area contributed by atoms with E-state index >= 15 is 0 Å². The predicted molar refractivity (Wildman–Crippen MR) is 91.3 cm³/mol. The second kappa shape index (κ2) is 6.26. The van der Waals surface area contributed by atoms with Crippen LogP contribution in [0, 0.1) is 13.8 Å². The van der Waals surface area contributed by atoms with Gasteiger partial charge in [-0.3, -0.25) is 4.79 Å². The highest BCUT2D eigenvalue weighted by Crippen LogP contribution is 2.32. The number of nitrogens with zero attached hydrogens (tertiary/aromatic N) is 1. The third-order valence-electron chi connectivity index (χ3n) is 3.49. The first-order valence-corrected chi connectivity index (χ1v) is 8.02. The molecule has 3 aromatic rings. The number of nitrogens with two attached hydrogens (primary N) is 1. The second-order valence-corrected chi connectivity index (χ2v) is 6.64. The minimum Gasteiger partial charge on any atom is -0.367 e. The van der Waals surface area contributed by atoms with Crippen molar-refractivity contribution in [2.75, 3.05) is 5.73 Å². The van der Waals surface area contributed by atoms with Crippen LogP contribution in [0.15, 0.2) is 40.9 Å². The fourth-order valence-corrected chi connectivity index (χ4v) is 3.08. The number of hydrogen-bond acceptors (Lipinski definition) is 5. The van der Waals surface area contributed by atoms with Crippen LogP contribution in [0.1, 0.15) is 26.4 Å². The zero-order chi connectivity index (χ0) is 16.4. The molecule has 118 valence electrons. The van der Waals surface area contributed by atoms with Crippen LogP contribution in [0.5, 0.6) is 0 Å². The van der Waals surface area contributed by atoms with Gasteiger partial charge in [-0.25, -0.2) is 0 Å². The van der Waals surface area contributed by atoms with Gasteiger partial charge in [0.2, 0.25) is 5.88 Å². The number of aryl methyl sites for hydroxylation is 2. The number of amides is 1. The third-order valence-corrected chi connectivity index (χ3v) is 4.50. The van der Waals surface area contributed by atoms with Gasteiger partial charge in [0, 0.05) is 11.4 Å². The maximum absolute atomic E-state index is 12.5.